The van der Waals surface area contributed by atoms with Gasteiger partial charge in [-0.05, 0) is 25.3 Å². The average Bonchev–Trinajstić information content (AvgIpc) is 2.81. The first kappa shape index (κ1) is 16.4. The van der Waals surface area contributed by atoms with Gasteiger partial charge in [0.25, 0.3) is 0 Å². The molecular formula is C16H28N2S. The lowest BCUT2D eigenvalue weighted by Crippen LogP contribution is -2.17. The molecule has 0 spiro atoms. The van der Waals surface area contributed by atoms with Crippen LogP contribution in [0.2, 0.25) is 0 Å². The quantitative estimate of drug-likeness (QED) is 0.559. The summed E-state index contributed by atoms with van der Waals surface area (Å²) >= 11 is 1.82. The third kappa shape index (κ3) is 5.87. The van der Waals surface area contributed by atoms with Crippen LogP contribution in [0.15, 0.2) is 18.9 Å². The zero-order valence-corrected chi connectivity index (χ0v) is 13.6. The van der Waals surface area contributed by atoms with Gasteiger partial charge in [-0.2, -0.15) is 0 Å². The molecule has 0 saturated heterocycles. The molecular weight excluding hydrogens is 252 g/mol. The predicted molar refractivity (Wildman–Crippen MR) is 85.7 cm³/mol. The number of nitrogens with one attached hydrogen (secondary N) is 1. The lowest BCUT2D eigenvalue weighted by Gasteiger charge is -2.13. The Hall–Kier alpha value is -0.670. The van der Waals surface area contributed by atoms with Crippen LogP contribution in [0.1, 0.15) is 56.8 Å². The second kappa shape index (κ2) is 7.81. The Morgan fingerprint density at radius 2 is 2.21 bits per heavy atom. The molecule has 0 saturated carbocycles. The third-order valence-electron chi connectivity index (χ3n) is 3.30. The van der Waals surface area contributed by atoms with Crippen molar-refractivity contribution in [2.75, 3.05) is 6.54 Å². The molecule has 3 heteroatoms. The number of hydrogen-bond donors (Lipinski definition) is 1. The summed E-state index contributed by atoms with van der Waals surface area (Å²) in [6.45, 7) is 14.7. The Balaban J connectivity index is 2.29. The number of aromatic nitrogens is 1. The average molecular weight is 280 g/mol. The summed E-state index contributed by atoms with van der Waals surface area (Å²) < 4.78 is 0. The monoisotopic (exact) mass is 280 g/mol. The van der Waals surface area contributed by atoms with Crippen molar-refractivity contribution in [2.24, 2.45) is 5.92 Å². The van der Waals surface area contributed by atoms with Gasteiger partial charge in [0.05, 0.1) is 5.01 Å². The fraction of sp³-hybridized carbons (Fsp3) is 0.688. The fourth-order valence-electron chi connectivity index (χ4n) is 1.98. The Kier molecular flexibility index (Phi) is 6.73. The van der Waals surface area contributed by atoms with Crippen molar-refractivity contribution < 1.29 is 0 Å². The highest BCUT2D eigenvalue weighted by Gasteiger charge is 2.17. The van der Waals surface area contributed by atoms with E-state index < -0.39 is 0 Å². The molecule has 1 unspecified atom stereocenters. The Morgan fingerprint density at radius 3 is 2.74 bits per heavy atom. The summed E-state index contributed by atoms with van der Waals surface area (Å²) in [5, 5.41) is 4.75. The molecule has 1 rings (SSSR count). The molecule has 0 fully saturated rings. The van der Waals surface area contributed by atoms with Crippen molar-refractivity contribution in [3.63, 3.8) is 0 Å². The minimum absolute atomic E-state index is 0.167. The number of rotatable bonds is 8. The van der Waals surface area contributed by atoms with E-state index in [1.807, 2.05) is 23.6 Å². The highest BCUT2D eigenvalue weighted by Crippen LogP contribution is 2.26. The SMILES string of the molecule is C=CCC(CC)CCNCc1cnc(C(C)(C)C)s1. The van der Waals surface area contributed by atoms with Gasteiger partial charge in [-0.1, -0.05) is 40.2 Å². The molecule has 1 heterocycles. The molecule has 0 aliphatic rings. The van der Waals surface area contributed by atoms with Crippen LogP contribution in [0.4, 0.5) is 0 Å². The molecule has 1 aromatic rings. The minimum Gasteiger partial charge on any atom is -0.312 e. The third-order valence-corrected chi connectivity index (χ3v) is 4.72. The van der Waals surface area contributed by atoms with E-state index in [1.54, 1.807) is 0 Å². The van der Waals surface area contributed by atoms with E-state index in [0.29, 0.717) is 0 Å². The molecule has 0 aliphatic heterocycles. The van der Waals surface area contributed by atoms with E-state index in [-0.39, 0.29) is 5.41 Å². The molecule has 2 nitrogen and oxygen atoms in total. The number of thiazole rings is 1. The van der Waals surface area contributed by atoms with Crippen LogP contribution in [0.25, 0.3) is 0 Å². The van der Waals surface area contributed by atoms with Crippen molar-refractivity contribution in [3.8, 4) is 0 Å². The van der Waals surface area contributed by atoms with Gasteiger partial charge in [-0.3, -0.25) is 0 Å². The Morgan fingerprint density at radius 1 is 1.47 bits per heavy atom. The maximum atomic E-state index is 4.51. The first-order valence-corrected chi connectivity index (χ1v) is 8.05. The topological polar surface area (TPSA) is 24.9 Å². The van der Waals surface area contributed by atoms with E-state index in [0.717, 1.165) is 25.4 Å². The van der Waals surface area contributed by atoms with Gasteiger partial charge in [0, 0.05) is 23.0 Å². The summed E-state index contributed by atoms with van der Waals surface area (Å²) in [5.74, 6) is 0.775. The Labute approximate surface area is 122 Å². The smallest absolute Gasteiger partial charge is 0.0981 e. The van der Waals surface area contributed by atoms with Crippen LogP contribution < -0.4 is 5.32 Å². The maximum Gasteiger partial charge on any atom is 0.0981 e. The van der Waals surface area contributed by atoms with Gasteiger partial charge < -0.3 is 5.32 Å². The van der Waals surface area contributed by atoms with Gasteiger partial charge in [0.1, 0.15) is 0 Å². The first-order chi connectivity index (χ1) is 8.97. The summed E-state index contributed by atoms with van der Waals surface area (Å²) in [6.07, 6.45) is 7.65. The highest BCUT2D eigenvalue weighted by molar-refractivity contribution is 7.11. The van der Waals surface area contributed by atoms with E-state index >= 15 is 0 Å². The number of hydrogen-bond acceptors (Lipinski definition) is 3. The van der Waals surface area contributed by atoms with E-state index in [2.05, 4.69) is 44.6 Å². The van der Waals surface area contributed by atoms with Crippen LogP contribution in [0.5, 0.6) is 0 Å². The fourth-order valence-corrected chi connectivity index (χ4v) is 2.92. The lowest BCUT2D eigenvalue weighted by atomic mass is 9.98. The van der Waals surface area contributed by atoms with Crippen molar-refractivity contribution in [2.45, 2.75) is 58.9 Å². The Bertz CT molecular complexity index is 376. The summed E-state index contributed by atoms with van der Waals surface area (Å²) in [6, 6.07) is 0. The molecule has 0 aliphatic carbocycles. The van der Waals surface area contributed by atoms with Crippen LogP contribution in [-0.4, -0.2) is 11.5 Å². The molecule has 0 radical (unpaired) electrons. The van der Waals surface area contributed by atoms with E-state index in [9.17, 15) is 0 Å². The van der Waals surface area contributed by atoms with Crippen LogP contribution >= 0.6 is 11.3 Å². The highest BCUT2D eigenvalue weighted by atomic mass is 32.1. The van der Waals surface area contributed by atoms with Crippen LogP contribution in [-0.2, 0) is 12.0 Å². The molecule has 108 valence electrons. The minimum atomic E-state index is 0.167. The number of allylic oxidation sites excluding steroid dienone is 1. The molecule has 1 N–H and O–H groups in total. The molecule has 19 heavy (non-hydrogen) atoms. The number of nitrogens with zero attached hydrogens (tertiary/aromatic N) is 1. The first-order valence-electron chi connectivity index (χ1n) is 7.24. The largest absolute Gasteiger partial charge is 0.312 e. The summed E-state index contributed by atoms with van der Waals surface area (Å²) in [4.78, 5) is 5.85. The van der Waals surface area contributed by atoms with Crippen molar-refractivity contribution >= 4 is 11.3 Å². The van der Waals surface area contributed by atoms with Gasteiger partial charge in [-0.15, -0.1) is 17.9 Å². The van der Waals surface area contributed by atoms with Gasteiger partial charge in [0.2, 0.25) is 0 Å². The zero-order valence-electron chi connectivity index (χ0n) is 12.8. The predicted octanol–water partition coefficient (Wildman–Crippen LogP) is 4.52. The van der Waals surface area contributed by atoms with E-state index in [1.165, 1.54) is 22.7 Å². The molecule has 0 amide bonds. The van der Waals surface area contributed by atoms with Gasteiger partial charge in [0.15, 0.2) is 0 Å². The molecule has 1 atom stereocenters. The second-order valence-electron chi connectivity index (χ2n) is 6.15. The molecule has 0 bridgehead atoms. The van der Waals surface area contributed by atoms with Crippen LogP contribution in [0.3, 0.4) is 0 Å². The summed E-state index contributed by atoms with van der Waals surface area (Å²) in [5.41, 5.74) is 0.167. The van der Waals surface area contributed by atoms with Gasteiger partial charge >= 0.3 is 0 Å². The molecule has 0 aromatic carbocycles. The van der Waals surface area contributed by atoms with E-state index in [4.69, 9.17) is 0 Å². The summed E-state index contributed by atoms with van der Waals surface area (Å²) in [7, 11) is 0. The van der Waals surface area contributed by atoms with Crippen LogP contribution in [0, 0.1) is 5.92 Å². The normalized spacial score (nSPS) is 13.5. The zero-order chi connectivity index (χ0) is 14.3. The second-order valence-corrected chi connectivity index (χ2v) is 7.26. The van der Waals surface area contributed by atoms with Crippen molar-refractivity contribution in [1.29, 1.82) is 0 Å². The molecule has 1 aromatic heterocycles. The van der Waals surface area contributed by atoms with Crippen molar-refractivity contribution in [3.05, 3.63) is 28.7 Å². The lowest BCUT2D eigenvalue weighted by molar-refractivity contribution is 0.456. The standard InChI is InChI=1S/C16H28N2S/c1-6-8-13(7-2)9-10-17-11-14-12-18-15(19-14)16(3,4)5/h6,12-13,17H,1,7-11H2,2-5H3. The van der Waals surface area contributed by atoms with Crippen molar-refractivity contribution in [1.82, 2.24) is 10.3 Å². The van der Waals surface area contributed by atoms with Gasteiger partial charge in [-0.25, -0.2) is 4.98 Å². The maximum absolute atomic E-state index is 4.51.